The summed E-state index contributed by atoms with van der Waals surface area (Å²) in [6, 6.07) is 19.7. The van der Waals surface area contributed by atoms with E-state index in [1.165, 1.54) is 0 Å². The van der Waals surface area contributed by atoms with Gasteiger partial charge in [0.2, 0.25) is 0 Å². The maximum absolute atomic E-state index is 12.1. The van der Waals surface area contributed by atoms with Gasteiger partial charge in [0.15, 0.2) is 11.6 Å². The van der Waals surface area contributed by atoms with Crippen LogP contribution >= 0.6 is 0 Å². The van der Waals surface area contributed by atoms with Crippen LogP contribution < -0.4 is 10.6 Å². The summed E-state index contributed by atoms with van der Waals surface area (Å²) < 4.78 is 0. The number of rotatable bonds is 4. The minimum absolute atomic E-state index is 0.234. The average Bonchev–Trinajstić information content (AvgIpc) is 2.64. The van der Waals surface area contributed by atoms with Crippen molar-refractivity contribution in [2.75, 3.05) is 10.6 Å². The molecular formula is C19H15N5O. The molecule has 0 aliphatic heterocycles. The van der Waals surface area contributed by atoms with Gasteiger partial charge < -0.3 is 10.6 Å². The molecule has 0 spiro atoms. The molecule has 0 saturated heterocycles. The third-order valence-electron chi connectivity index (χ3n) is 3.51. The lowest BCUT2D eigenvalue weighted by atomic mass is 10.1. The molecule has 1 aromatic heterocycles. The normalized spacial score (nSPS) is 9.92. The fourth-order valence-corrected chi connectivity index (χ4v) is 2.14. The summed E-state index contributed by atoms with van der Waals surface area (Å²) in [5.41, 5.74) is 3.04. The number of anilines is 3. The highest BCUT2D eigenvalue weighted by Gasteiger charge is 2.07. The third kappa shape index (κ3) is 4.18. The van der Waals surface area contributed by atoms with Gasteiger partial charge in [0.05, 0.1) is 11.6 Å². The SMILES string of the molecule is Cc1ccc(C(=O)Nc2ccc(Nc3ccc(C#N)cc3)nn2)cc1. The van der Waals surface area contributed by atoms with Crippen LogP contribution in [0.1, 0.15) is 21.5 Å². The van der Waals surface area contributed by atoms with E-state index >= 15 is 0 Å². The summed E-state index contributed by atoms with van der Waals surface area (Å²) >= 11 is 0. The van der Waals surface area contributed by atoms with E-state index in [2.05, 4.69) is 26.9 Å². The second kappa shape index (κ2) is 7.23. The predicted octanol–water partition coefficient (Wildman–Crippen LogP) is 3.65. The highest BCUT2D eigenvalue weighted by atomic mass is 16.1. The maximum atomic E-state index is 12.1. The Hall–Kier alpha value is -3.72. The van der Waals surface area contributed by atoms with E-state index in [9.17, 15) is 4.79 Å². The molecule has 2 aromatic carbocycles. The molecule has 122 valence electrons. The number of carbonyl (C=O) groups excluding carboxylic acids is 1. The van der Waals surface area contributed by atoms with Crippen LogP contribution in [0.5, 0.6) is 0 Å². The van der Waals surface area contributed by atoms with E-state index in [1.807, 2.05) is 19.1 Å². The fraction of sp³-hybridized carbons (Fsp3) is 0.0526. The zero-order valence-electron chi connectivity index (χ0n) is 13.5. The van der Waals surface area contributed by atoms with Crippen LogP contribution in [0.2, 0.25) is 0 Å². The van der Waals surface area contributed by atoms with E-state index in [0.29, 0.717) is 22.8 Å². The zero-order valence-corrected chi connectivity index (χ0v) is 13.5. The van der Waals surface area contributed by atoms with Crippen molar-refractivity contribution in [3.05, 3.63) is 77.4 Å². The average molecular weight is 329 g/mol. The van der Waals surface area contributed by atoms with E-state index in [-0.39, 0.29) is 5.91 Å². The number of amides is 1. The predicted molar refractivity (Wildman–Crippen MR) is 95.6 cm³/mol. The van der Waals surface area contributed by atoms with Gasteiger partial charge in [-0.2, -0.15) is 5.26 Å². The Morgan fingerprint density at radius 1 is 0.920 bits per heavy atom. The number of aromatic nitrogens is 2. The highest BCUT2D eigenvalue weighted by molar-refractivity contribution is 6.03. The first-order chi connectivity index (χ1) is 12.1. The molecule has 1 heterocycles. The van der Waals surface area contributed by atoms with Crippen molar-refractivity contribution in [2.24, 2.45) is 0 Å². The van der Waals surface area contributed by atoms with Crippen LogP contribution in [0, 0.1) is 18.3 Å². The van der Waals surface area contributed by atoms with Gasteiger partial charge in [0.1, 0.15) is 0 Å². The summed E-state index contributed by atoms with van der Waals surface area (Å²) in [4.78, 5) is 12.1. The lowest BCUT2D eigenvalue weighted by molar-refractivity contribution is 0.102. The van der Waals surface area contributed by atoms with Crippen molar-refractivity contribution in [3.63, 3.8) is 0 Å². The van der Waals surface area contributed by atoms with Crippen molar-refractivity contribution < 1.29 is 4.79 Å². The Morgan fingerprint density at radius 2 is 1.56 bits per heavy atom. The largest absolute Gasteiger partial charge is 0.339 e. The molecule has 0 radical (unpaired) electrons. The molecule has 6 heteroatoms. The van der Waals surface area contributed by atoms with Crippen LogP contribution in [0.3, 0.4) is 0 Å². The lowest BCUT2D eigenvalue weighted by Crippen LogP contribution is -2.13. The molecule has 2 N–H and O–H groups in total. The monoisotopic (exact) mass is 329 g/mol. The quantitative estimate of drug-likeness (QED) is 0.762. The minimum Gasteiger partial charge on any atom is -0.339 e. The number of nitrogens with zero attached hydrogens (tertiary/aromatic N) is 3. The number of carbonyl (C=O) groups is 1. The van der Waals surface area contributed by atoms with Crippen LogP contribution in [-0.4, -0.2) is 16.1 Å². The van der Waals surface area contributed by atoms with Crippen LogP contribution in [0.15, 0.2) is 60.7 Å². The Labute approximate surface area is 145 Å². The smallest absolute Gasteiger partial charge is 0.256 e. The summed E-state index contributed by atoms with van der Waals surface area (Å²) in [6.07, 6.45) is 0. The van der Waals surface area contributed by atoms with E-state index in [4.69, 9.17) is 5.26 Å². The first kappa shape index (κ1) is 16.1. The number of aryl methyl sites for hydroxylation is 1. The van der Waals surface area contributed by atoms with Crippen molar-refractivity contribution in [2.45, 2.75) is 6.92 Å². The van der Waals surface area contributed by atoms with Crippen molar-refractivity contribution in [1.29, 1.82) is 5.26 Å². The van der Waals surface area contributed by atoms with Crippen molar-refractivity contribution >= 4 is 23.2 Å². The minimum atomic E-state index is -0.234. The number of benzene rings is 2. The molecule has 0 saturated carbocycles. The molecule has 25 heavy (non-hydrogen) atoms. The Balaban J connectivity index is 1.64. The standard InChI is InChI=1S/C19H15N5O/c1-13-2-6-15(7-3-13)19(25)22-18-11-10-17(23-24-18)21-16-8-4-14(12-20)5-9-16/h2-11H,1H3,(H,21,23)(H,22,24,25). The summed E-state index contributed by atoms with van der Waals surface area (Å²) in [5, 5.41) is 22.6. The van der Waals surface area contributed by atoms with Gasteiger partial charge in [-0.05, 0) is 55.5 Å². The fourth-order valence-electron chi connectivity index (χ4n) is 2.14. The van der Waals surface area contributed by atoms with Gasteiger partial charge in [-0.3, -0.25) is 4.79 Å². The van der Waals surface area contributed by atoms with E-state index in [0.717, 1.165) is 11.3 Å². The molecule has 6 nitrogen and oxygen atoms in total. The number of hydrogen-bond acceptors (Lipinski definition) is 5. The number of nitrogens with one attached hydrogen (secondary N) is 2. The summed E-state index contributed by atoms with van der Waals surface area (Å²) in [7, 11) is 0. The molecule has 0 fully saturated rings. The van der Waals surface area contributed by atoms with Gasteiger partial charge in [-0.15, -0.1) is 10.2 Å². The van der Waals surface area contributed by atoms with Crippen molar-refractivity contribution in [1.82, 2.24) is 10.2 Å². The Bertz CT molecular complexity index is 910. The van der Waals surface area contributed by atoms with Crippen LogP contribution in [0.4, 0.5) is 17.3 Å². The molecule has 1 amide bonds. The zero-order chi connectivity index (χ0) is 17.6. The summed E-state index contributed by atoms with van der Waals surface area (Å²) in [6.45, 7) is 1.97. The maximum Gasteiger partial charge on any atom is 0.256 e. The van der Waals surface area contributed by atoms with Gasteiger partial charge in [0.25, 0.3) is 5.91 Å². The molecular weight excluding hydrogens is 314 g/mol. The molecule has 0 bridgehead atoms. The molecule has 3 aromatic rings. The Morgan fingerprint density at radius 3 is 2.16 bits per heavy atom. The van der Waals surface area contributed by atoms with E-state index < -0.39 is 0 Å². The molecule has 3 rings (SSSR count). The van der Waals surface area contributed by atoms with Crippen LogP contribution in [-0.2, 0) is 0 Å². The lowest BCUT2D eigenvalue weighted by Gasteiger charge is -2.07. The highest BCUT2D eigenvalue weighted by Crippen LogP contribution is 2.16. The summed E-state index contributed by atoms with van der Waals surface area (Å²) in [5.74, 6) is 0.677. The van der Waals surface area contributed by atoms with Crippen LogP contribution in [0.25, 0.3) is 0 Å². The third-order valence-corrected chi connectivity index (χ3v) is 3.51. The van der Waals surface area contributed by atoms with E-state index in [1.54, 1.807) is 48.5 Å². The topological polar surface area (TPSA) is 90.7 Å². The molecule has 0 atom stereocenters. The van der Waals surface area contributed by atoms with Crippen molar-refractivity contribution in [3.8, 4) is 6.07 Å². The second-order valence-corrected chi connectivity index (χ2v) is 5.44. The van der Waals surface area contributed by atoms with Gasteiger partial charge in [0, 0.05) is 11.3 Å². The van der Waals surface area contributed by atoms with Gasteiger partial charge in [-0.1, -0.05) is 17.7 Å². The van der Waals surface area contributed by atoms with Gasteiger partial charge in [-0.25, -0.2) is 0 Å². The molecule has 0 aliphatic carbocycles. The number of nitriles is 1. The molecule has 0 aliphatic rings. The van der Waals surface area contributed by atoms with Gasteiger partial charge >= 0.3 is 0 Å². The first-order valence-corrected chi connectivity index (χ1v) is 7.63. The second-order valence-electron chi connectivity index (χ2n) is 5.44. The first-order valence-electron chi connectivity index (χ1n) is 7.63. The number of hydrogen-bond donors (Lipinski definition) is 2. The molecule has 0 unspecified atom stereocenters. The Kier molecular flexibility index (Phi) is 4.67.